The van der Waals surface area contributed by atoms with Crippen molar-refractivity contribution in [3.05, 3.63) is 37.6 Å². The van der Waals surface area contributed by atoms with E-state index >= 15 is 0 Å². The Morgan fingerprint density at radius 1 is 1.35 bits per heavy atom. The van der Waals surface area contributed by atoms with Crippen LogP contribution in [0.4, 0.5) is 0 Å². The summed E-state index contributed by atoms with van der Waals surface area (Å²) in [6.45, 7) is 10.7. The van der Waals surface area contributed by atoms with Crippen LogP contribution in [0.15, 0.2) is 37.6 Å². The third-order valence-corrected chi connectivity index (χ3v) is 0.752. The molecule has 0 amide bonds. The molecule has 0 saturated heterocycles. The number of aliphatic hydroxyl groups excluding tert-OH is 1. The molecule has 1 N–H and O–H groups in total. The molecule has 0 aromatic rings. The van der Waals surface area contributed by atoms with Crippen LogP contribution in [0.3, 0.4) is 0 Å². The van der Waals surface area contributed by atoms with Gasteiger partial charge >= 0.3 is 11.9 Å². The molecule has 0 aliphatic rings. The molecular formula is C11H17ClO5. The molecule has 0 atom stereocenters. The summed E-state index contributed by atoms with van der Waals surface area (Å²) >= 11 is 4.76. The number of halogens is 1. The third-order valence-electron chi connectivity index (χ3n) is 0.752. The van der Waals surface area contributed by atoms with E-state index in [9.17, 15) is 9.59 Å². The SMILES string of the molecule is C=CC(=O)OCCO.C=CCl.C=COC(C)=O. The van der Waals surface area contributed by atoms with Crippen molar-refractivity contribution in [3.63, 3.8) is 0 Å². The summed E-state index contributed by atoms with van der Waals surface area (Å²) in [5.41, 5.74) is 1.22. The lowest BCUT2D eigenvalue weighted by Crippen LogP contribution is -2.04. The van der Waals surface area contributed by atoms with Gasteiger partial charge in [0.05, 0.1) is 12.9 Å². The van der Waals surface area contributed by atoms with E-state index in [1.165, 1.54) is 12.5 Å². The third kappa shape index (κ3) is 40.4. The van der Waals surface area contributed by atoms with Gasteiger partial charge in [-0.1, -0.05) is 31.3 Å². The van der Waals surface area contributed by atoms with Crippen molar-refractivity contribution in [1.29, 1.82) is 0 Å². The fourth-order valence-corrected chi connectivity index (χ4v) is 0.323. The summed E-state index contributed by atoms with van der Waals surface area (Å²) < 4.78 is 8.50. The van der Waals surface area contributed by atoms with E-state index in [1.807, 2.05) is 0 Å². The number of ether oxygens (including phenoxy) is 2. The summed E-state index contributed by atoms with van der Waals surface area (Å²) in [6, 6.07) is 0. The number of carbonyl (C=O) groups is 2. The summed E-state index contributed by atoms with van der Waals surface area (Å²) in [7, 11) is 0. The second-order valence-electron chi connectivity index (χ2n) is 2.03. The van der Waals surface area contributed by atoms with Gasteiger partial charge in [-0.25, -0.2) is 4.79 Å². The van der Waals surface area contributed by atoms with E-state index in [4.69, 9.17) is 16.7 Å². The van der Waals surface area contributed by atoms with Gasteiger partial charge in [0.15, 0.2) is 0 Å². The molecule has 0 unspecified atom stereocenters. The second kappa shape index (κ2) is 19.9. The molecule has 0 bridgehead atoms. The van der Waals surface area contributed by atoms with Crippen LogP contribution in [-0.4, -0.2) is 30.3 Å². The van der Waals surface area contributed by atoms with Crippen molar-refractivity contribution in [2.75, 3.05) is 13.2 Å². The van der Waals surface area contributed by atoms with Crippen LogP contribution in [-0.2, 0) is 19.1 Å². The smallest absolute Gasteiger partial charge is 0.330 e. The van der Waals surface area contributed by atoms with E-state index in [2.05, 4.69) is 29.2 Å². The van der Waals surface area contributed by atoms with Crippen molar-refractivity contribution >= 4 is 23.5 Å². The van der Waals surface area contributed by atoms with Crippen molar-refractivity contribution in [1.82, 2.24) is 0 Å². The first-order valence-corrected chi connectivity index (χ1v) is 4.83. The van der Waals surface area contributed by atoms with Gasteiger partial charge in [-0.05, 0) is 5.54 Å². The normalized spacial score (nSPS) is 7.00. The molecular weight excluding hydrogens is 248 g/mol. The molecule has 0 aliphatic carbocycles. The fourth-order valence-electron chi connectivity index (χ4n) is 0.323. The quantitative estimate of drug-likeness (QED) is 0.476. The van der Waals surface area contributed by atoms with Crippen LogP contribution in [0.25, 0.3) is 0 Å². The van der Waals surface area contributed by atoms with Gasteiger partial charge in [0.2, 0.25) is 0 Å². The van der Waals surface area contributed by atoms with Crippen molar-refractivity contribution in [3.8, 4) is 0 Å². The van der Waals surface area contributed by atoms with Crippen LogP contribution < -0.4 is 0 Å². The molecule has 98 valence electrons. The zero-order valence-electron chi connectivity index (χ0n) is 9.73. The Kier molecular flexibility index (Phi) is 24.3. The van der Waals surface area contributed by atoms with Crippen LogP contribution in [0.1, 0.15) is 6.92 Å². The highest BCUT2D eigenvalue weighted by Gasteiger charge is 1.90. The number of rotatable bonds is 4. The largest absolute Gasteiger partial charge is 0.460 e. The lowest BCUT2D eigenvalue weighted by Gasteiger charge is -1.94. The van der Waals surface area contributed by atoms with Gasteiger partial charge in [0, 0.05) is 13.0 Å². The lowest BCUT2D eigenvalue weighted by molar-refractivity contribution is -0.138. The zero-order valence-corrected chi connectivity index (χ0v) is 10.5. The Balaban J connectivity index is -0.000000193. The monoisotopic (exact) mass is 264 g/mol. The number of esters is 2. The van der Waals surface area contributed by atoms with Gasteiger partial charge in [0.1, 0.15) is 6.61 Å². The molecule has 5 nitrogen and oxygen atoms in total. The molecule has 0 rings (SSSR count). The molecule has 0 aliphatic heterocycles. The minimum absolute atomic E-state index is 0.0465. The molecule has 0 heterocycles. The Labute approximate surface area is 106 Å². The average molecular weight is 265 g/mol. The molecule has 0 aromatic heterocycles. The van der Waals surface area contributed by atoms with Crippen LogP contribution in [0.2, 0.25) is 0 Å². The van der Waals surface area contributed by atoms with Crippen LogP contribution in [0, 0.1) is 0 Å². The molecule has 17 heavy (non-hydrogen) atoms. The van der Waals surface area contributed by atoms with Crippen LogP contribution in [0.5, 0.6) is 0 Å². The van der Waals surface area contributed by atoms with Crippen molar-refractivity contribution in [2.24, 2.45) is 0 Å². The van der Waals surface area contributed by atoms with Gasteiger partial charge in [0.25, 0.3) is 0 Å². The van der Waals surface area contributed by atoms with Crippen molar-refractivity contribution < 1.29 is 24.2 Å². The van der Waals surface area contributed by atoms with Gasteiger partial charge in [-0.15, -0.1) is 0 Å². The second-order valence-corrected chi connectivity index (χ2v) is 2.33. The van der Waals surface area contributed by atoms with E-state index < -0.39 is 5.97 Å². The van der Waals surface area contributed by atoms with E-state index in [0.717, 1.165) is 12.3 Å². The molecule has 0 aromatic carbocycles. The number of carbonyl (C=O) groups excluding carboxylic acids is 2. The Hall–Kier alpha value is -1.59. The first kappa shape index (κ1) is 20.8. The number of aliphatic hydroxyl groups is 1. The van der Waals surface area contributed by atoms with E-state index in [-0.39, 0.29) is 19.2 Å². The van der Waals surface area contributed by atoms with Gasteiger partial charge < -0.3 is 14.6 Å². The van der Waals surface area contributed by atoms with Gasteiger partial charge in [-0.2, -0.15) is 0 Å². The highest BCUT2D eigenvalue weighted by molar-refractivity contribution is 6.25. The summed E-state index contributed by atoms with van der Waals surface area (Å²) in [5.74, 6) is -0.830. The fraction of sp³-hybridized carbons (Fsp3) is 0.273. The highest BCUT2D eigenvalue weighted by atomic mass is 35.5. The highest BCUT2D eigenvalue weighted by Crippen LogP contribution is 1.75. The van der Waals surface area contributed by atoms with E-state index in [1.54, 1.807) is 0 Å². The first-order chi connectivity index (χ1) is 7.99. The maximum atomic E-state index is 10.1. The Morgan fingerprint density at radius 2 is 1.82 bits per heavy atom. The van der Waals surface area contributed by atoms with Crippen molar-refractivity contribution in [2.45, 2.75) is 6.92 Å². The molecule has 6 heteroatoms. The predicted molar refractivity (Wildman–Crippen MR) is 66.3 cm³/mol. The predicted octanol–water partition coefficient (Wildman–Crippen LogP) is 1.77. The maximum absolute atomic E-state index is 10.1. The van der Waals surface area contributed by atoms with Gasteiger partial charge in [-0.3, -0.25) is 4.79 Å². The summed E-state index contributed by atoms with van der Waals surface area (Å²) in [4.78, 5) is 19.9. The van der Waals surface area contributed by atoms with E-state index in [0.29, 0.717) is 0 Å². The number of hydrogen-bond acceptors (Lipinski definition) is 5. The van der Waals surface area contributed by atoms with Crippen LogP contribution >= 0.6 is 11.6 Å². The maximum Gasteiger partial charge on any atom is 0.330 e. The minimum Gasteiger partial charge on any atom is -0.460 e. The standard InChI is InChI=1S/C5H8O3.C4H6O2.C2H3Cl/c1-2-5(7)8-4-3-6;1-3-6-4(2)5;1-2-3/h2,6H,1,3-4H2;3H,1H2,2H3;2H,1H2. The topological polar surface area (TPSA) is 72.8 Å². The summed E-state index contributed by atoms with van der Waals surface area (Å²) in [6.07, 6.45) is 2.15. The number of hydrogen-bond donors (Lipinski definition) is 1. The zero-order chi connectivity index (χ0) is 14.1. The molecule has 0 radical (unpaired) electrons. The Morgan fingerprint density at radius 3 is 2.00 bits per heavy atom. The average Bonchev–Trinajstić information content (AvgIpc) is 2.27. The first-order valence-electron chi connectivity index (χ1n) is 4.39. The summed E-state index contributed by atoms with van der Waals surface area (Å²) in [5, 5.41) is 8.10. The Bertz CT molecular complexity index is 238. The lowest BCUT2D eigenvalue weighted by atomic mass is 10.6. The molecule has 0 spiro atoms. The molecule has 0 saturated carbocycles. The minimum atomic E-state index is -0.501. The molecule has 0 fully saturated rings.